The molecular weight excluding hydrogens is 272 g/mol. The van der Waals surface area contributed by atoms with Crippen molar-refractivity contribution in [2.75, 3.05) is 6.61 Å². The van der Waals surface area contributed by atoms with Gasteiger partial charge in [-0.3, -0.25) is 10.1 Å². The van der Waals surface area contributed by atoms with E-state index in [2.05, 4.69) is 4.98 Å². The van der Waals surface area contributed by atoms with Gasteiger partial charge >= 0.3 is 0 Å². The Morgan fingerprint density at radius 3 is 2.62 bits per heavy atom. The molecule has 2 rings (SSSR count). The van der Waals surface area contributed by atoms with Gasteiger partial charge in [0.05, 0.1) is 11.5 Å². The van der Waals surface area contributed by atoms with Crippen molar-refractivity contribution < 1.29 is 14.4 Å². The fraction of sp³-hybridized carbons (Fsp3) is 0.267. The van der Waals surface area contributed by atoms with Crippen LogP contribution in [0.4, 0.5) is 5.69 Å². The molecule has 6 nitrogen and oxygen atoms in total. The molecule has 21 heavy (non-hydrogen) atoms. The number of ether oxygens (including phenoxy) is 2. The Labute approximate surface area is 122 Å². The van der Waals surface area contributed by atoms with Crippen molar-refractivity contribution in [3.8, 4) is 11.6 Å². The minimum absolute atomic E-state index is 0.0198. The number of hydrogen-bond acceptors (Lipinski definition) is 5. The maximum atomic E-state index is 11.1. The van der Waals surface area contributed by atoms with Crippen molar-refractivity contribution in [1.82, 2.24) is 4.98 Å². The van der Waals surface area contributed by atoms with Gasteiger partial charge in [-0.25, -0.2) is 4.98 Å². The average Bonchev–Trinajstić information content (AvgIpc) is 2.46. The summed E-state index contributed by atoms with van der Waals surface area (Å²) in [6.07, 6.45) is 0. The van der Waals surface area contributed by atoms with Crippen LogP contribution in [0.15, 0.2) is 36.4 Å². The van der Waals surface area contributed by atoms with Crippen LogP contribution >= 0.6 is 0 Å². The summed E-state index contributed by atoms with van der Waals surface area (Å²) in [5, 5.41) is 11.1. The number of benzene rings is 1. The van der Waals surface area contributed by atoms with Crippen LogP contribution in [-0.2, 0) is 6.61 Å². The number of nitro benzene ring substituents is 1. The summed E-state index contributed by atoms with van der Waals surface area (Å²) < 4.78 is 11.0. The normalized spacial score (nSPS) is 10.2. The Morgan fingerprint density at radius 1 is 1.19 bits per heavy atom. The lowest BCUT2D eigenvalue weighted by atomic mass is 10.1. The molecule has 1 heterocycles. The Balaban J connectivity index is 2.26. The lowest BCUT2D eigenvalue weighted by Crippen LogP contribution is -2.05. The third-order valence-corrected chi connectivity index (χ3v) is 2.83. The SMILES string of the molecule is CCOc1cccc([N+](=O)[O-])c1COc1cccc(C)n1. The van der Waals surface area contributed by atoms with Crippen molar-refractivity contribution in [3.63, 3.8) is 0 Å². The van der Waals surface area contributed by atoms with Gasteiger partial charge in [-0.1, -0.05) is 12.1 Å². The Morgan fingerprint density at radius 2 is 1.95 bits per heavy atom. The van der Waals surface area contributed by atoms with Gasteiger partial charge in [0, 0.05) is 17.8 Å². The predicted octanol–water partition coefficient (Wildman–Crippen LogP) is 3.28. The van der Waals surface area contributed by atoms with E-state index in [0.717, 1.165) is 5.69 Å². The lowest BCUT2D eigenvalue weighted by molar-refractivity contribution is -0.385. The van der Waals surface area contributed by atoms with E-state index >= 15 is 0 Å². The zero-order valence-corrected chi connectivity index (χ0v) is 11.9. The highest BCUT2D eigenvalue weighted by atomic mass is 16.6. The van der Waals surface area contributed by atoms with E-state index < -0.39 is 4.92 Å². The summed E-state index contributed by atoms with van der Waals surface area (Å²) in [7, 11) is 0. The molecule has 0 saturated carbocycles. The molecule has 6 heteroatoms. The molecule has 0 amide bonds. The van der Waals surface area contributed by atoms with Crippen molar-refractivity contribution in [1.29, 1.82) is 0 Å². The summed E-state index contributed by atoms with van der Waals surface area (Å²) in [6, 6.07) is 10.1. The lowest BCUT2D eigenvalue weighted by Gasteiger charge is -2.11. The third kappa shape index (κ3) is 3.68. The van der Waals surface area contributed by atoms with Crippen molar-refractivity contribution in [2.45, 2.75) is 20.5 Å². The maximum absolute atomic E-state index is 11.1. The van der Waals surface area contributed by atoms with Gasteiger partial charge in [-0.05, 0) is 26.0 Å². The Hall–Kier alpha value is -2.63. The first-order chi connectivity index (χ1) is 10.1. The highest BCUT2D eigenvalue weighted by Gasteiger charge is 2.19. The Bertz CT molecular complexity index is 643. The number of pyridine rings is 1. The maximum Gasteiger partial charge on any atom is 0.279 e. The predicted molar refractivity (Wildman–Crippen MR) is 77.6 cm³/mol. The van der Waals surface area contributed by atoms with Crippen LogP contribution in [0.1, 0.15) is 18.2 Å². The smallest absolute Gasteiger partial charge is 0.279 e. The number of aryl methyl sites for hydroxylation is 1. The van der Waals surface area contributed by atoms with Crippen LogP contribution in [0, 0.1) is 17.0 Å². The van der Waals surface area contributed by atoms with Gasteiger partial charge in [0.15, 0.2) is 0 Å². The van der Waals surface area contributed by atoms with Crippen LogP contribution < -0.4 is 9.47 Å². The molecule has 2 aromatic rings. The van der Waals surface area contributed by atoms with Gasteiger partial charge < -0.3 is 9.47 Å². The van der Waals surface area contributed by atoms with Crippen molar-refractivity contribution in [3.05, 3.63) is 57.8 Å². The van der Waals surface area contributed by atoms with Crippen molar-refractivity contribution in [2.24, 2.45) is 0 Å². The number of aromatic nitrogens is 1. The van der Waals surface area contributed by atoms with Gasteiger partial charge in [-0.2, -0.15) is 0 Å². The third-order valence-electron chi connectivity index (χ3n) is 2.83. The first kappa shape index (κ1) is 14.8. The largest absolute Gasteiger partial charge is 0.493 e. The summed E-state index contributed by atoms with van der Waals surface area (Å²) in [5.74, 6) is 0.884. The average molecular weight is 288 g/mol. The van der Waals surface area contributed by atoms with E-state index in [1.165, 1.54) is 6.07 Å². The fourth-order valence-corrected chi connectivity index (χ4v) is 1.91. The molecule has 0 atom stereocenters. The highest BCUT2D eigenvalue weighted by Crippen LogP contribution is 2.29. The van der Waals surface area contributed by atoms with E-state index in [1.807, 2.05) is 26.0 Å². The Kier molecular flexibility index (Phi) is 4.71. The van der Waals surface area contributed by atoms with E-state index in [-0.39, 0.29) is 12.3 Å². The second-order valence-corrected chi connectivity index (χ2v) is 4.35. The van der Waals surface area contributed by atoms with E-state index in [4.69, 9.17) is 9.47 Å². The zero-order chi connectivity index (χ0) is 15.2. The minimum atomic E-state index is -0.440. The summed E-state index contributed by atoms with van der Waals surface area (Å²) in [6.45, 7) is 4.13. The molecule has 0 fully saturated rings. The van der Waals surface area contributed by atoms with Crippen LogP contribution in [0.3, 0.4) is 0 Å². The standard InChI is InChI=1S/C15H16N2O4/c1-3-20-14-8-5-7-13(17(18)19)12(14)10-21-15-9-4-6-11(2)16-15/h4-9H,3,10H2,1-2H3. The van der Waals surface area contributed by atoms with E-state index in [9.17, 15) is 10.1 Å². The number of nitrogens with zero attached hydrogens (tertiary/aromatic N) is 2. The molecule has 0 spiro atoms. The highest BCUT2D eigenvalue weighted by molar-refractivity contribution is 5.49. The molecule has 0 aliphatic rings. The van der Waals surface area contributed by atoms with E-state index in [0.29, 0.717) is 23.8 Å². The van der Waals surface area contributed by atoms with E-state index in [1.54, 1.807) is 18.2 Å². The zero-order valence-electron chi connectivity index (χ0n) is 11.9. The van der Waals surface area contributed by atoms with Crippen LogP contribution in [-0.4, -0.2) is 16.5 Å². The van der Waals surface area contributed by atoms with Gasteiger partial charge in [-0.15, -0.1) is 0 Å². The minimum Gasteiger partial charge on any atom is -0.493 e. The topological polar surface area (TPSA) is 74.5 Å². The molecule has 0 N–H and O–H groups in total. The molecule has 1 aromatic carbocycles. The number of hydrogen-bond donors (Lipinski definition) is 0. The fourth-order valence-electron chi connectivity index (χ4n) is 1.91. The quantitative estimate of drug-likeness (QED) is 0.602. The molecule has 110 valence electrons. The summed E-state index contributed by atoms with van der Waals surface area (Å²) in [4.78, 5) is 14.9. The summed E-state index contributed by atoms with van der Waals surface area (Å²) >= 11 is 0. The molecule has 1 aromatic heterocycles. The molecule has 0 aliphatic heterocycles. The monoisotopic (exact) mass is 288 g/mol. The number of nitro groups is 1. The van der Waals surface area contributed by atoms with Crippen molar-refractivity contribution >= 4 is 5.69 Å². The number of rotatable bonds is 6. The second kappa shape index (κ2) is 6.69. The molecule has 0 aliphatic carbocycles. The van der Waals surface area contributed by atoms with Crippen LogP contribution in [0.2, 0.25) is 0 Å². The molecular formula is C15H16N2O4. The van der Waals surface area contributed by atoms with Crippen LogP contribution in [0.5, 0.6) is 11.6 Å². The molecule has 0 unspecified atom stereocenters. The van der Waals surface area contributed by atoms with Crippen LogP contribution in [0.25, 0.3) is 0 Å². The second-order valence-electron chi connectivity index (χ2n) is 4.35. The first-order valence-corrected chi connectivity index (χ1v) is 6.57. The van der Waals surface area contributed by atoms with Gasteiger partial charge in [0.25, 0.3) is 5.69 Å². The van der Waals surface area contributed by atoms with Gasteiger partial charge in [0.2, 0.25) is 5.88 Å². The summed E-state index contributed by atoms with van der Waals surface area (Å²) in [5.41, 5.74) is 1.21. The molecule has 0 saturated heterocycles. The first-order valence-electron chi connectivity index (χ1n) is 6.57. The molecule has 0 bridgehead atoms. The van der Waals surface area contributed by atoms with Gasteiger partial charge in [0.1, 0.15) is 17.9 Å². The molecule has 0 radical (unpaired) electrons.